The van der Waals surface area contributed by atoms with Gasteiger partial charge in [-0.05, 0) is 26.5 Å². The third-order valence-corrected chi connectivity index (χ3v) is 3.61. The molecule has 4 nitrogen and oxygen atoms in total. The summed E-state index contributed by atoms with van der Waals surface area (Å²) in [5.41, 5.74) is 8.59. The fraction of sp³-hybridized carbons (Fsp3) is 0.562. The Morgan fingerprint density at radius 2 is 2.05 bits per heavy atom. The van der Waals surface area contributed by atoms with Crippen LogP contribution in [0.4, 0.5) is 0 Å². The highest BCUT2D eigenvalue weighted by atomic mass is 16.1. The van der Waals surface area contributed by atoms with Crippen LogP contribution in [0.15, 0.2) is 24.3 Å². The van der Waals surface area contributed by atoms with E-state index in [-0.39, 0.29) is 23.9 Å². The molecule has 1 rings (SSSR count). The SMILES string of the molecule is CNC(=O)C(C)CN(C)C(c1cccc(C)c1)C(C)N. The third kappa shape index (κ3) is 4.32. The van der Waals surface area contributed by atoms with Crippen LogP contribution in [-0.2, 0) is 4.79 Å². The molecule has 0 saturated carbocycles. The van der Waals surface area contributed by atoms with Gasteiger partial charge in [0.2, 0.25) is 5.91 Å². The molecule has 0 aliphatic rings. The van der Waals surface area contributed by atoms with Crippen molar-refractivity contribution in [2.45, 2.75) is 32.9 Å². The Morgan fingerprint density at radius 1 is 1.40 bits per heavy atom. The van der Waals surface area contributed by atoms with Gasteiger partial charge in [-0.15, -0.1) is 0 Å². The summed E-state index contributed by atoms with van der Waals surface area (Å²) in [5.74, 6) is 0.000533. The number of hydrogen-bond donors (Lipinski definition) is 2. The molecule has 0 fully saturated rings. The van der Waals surface area contributed by atoms with E-state index < -0.39 is 0 Å². The van der Waals surface area contributed by atoms with Gasteiger partial charge in [0, 0.05) is 31.6 Å². The van der Waals surface area contributed by atoms with Gasteiger partial charge >= 0.3 is 0 Å². The Kier molecular flexibility index (Phi) is 6.17. The monoisotopic (exact) mass is 277 g/mol. The summed E-state index contributed by atoms with van der Waals surface area (Å²) in [6.45, 7) is 6.70. The van der Waals surface area contributed by atoms with Gasteiger partial charge in [0.05, 0.1) is 0 Å². The first kappa shape index (κ1) is 16.7. The summed E-state index contributed by atoms with van der Waals surface area (Å²) in [6.07, 6.45) is 0. The van der Waals surface area contributed by atoms with E-state index >= 15 is 0 Å². The fourth-order valence-corrected chi connectivity index (χ4v) is 2.69. The fourth-order valence-electron chi connectivity index (χ4n) is 2.69. The molecular formula is C16H27N3O. The molecule has 1 amide bonds. The lowest BCUT2D eigenvalue weighted by Gasteiger charge is -2.33. The van der Waals surface area contributed by atoms with Crippen molar-refractivity contribution in [1.29, 1.82) is 0 Å². The summed E-state index contributed by atoms with van der Waals surface area (Å²) in [5, 5.41) is 2.69. The molecule has 0 aliphatic heterocycles. The molecule has 0 spiro atoms. The van der Waals surface area contributed by atoms with Gasteiger partial charge in [0.25, 0.3) is 0 Å². The Labute approximate surface area is 122 Å². The number of carbonyl (C=O) groups excluding carboxylic acids is 1. The van der Waals surface area contributed by atoms with Crippen LogP contribution in [0, 0.1) is 12.8 Å². The Balaban J connectivity index is 2.88. The zero-order chi connectivity index (χ0) is 15.3. The van der Waals surface area contributed by atoms with E-state index in [4.69, 9.17) is 5.73 Å². The van der Waals surface area contributed by atoms with Crippen LogP contribution in [0.2, 0.25) is 0 Å². The Morgan fingerprint density at radius 3 is 2.55 bits per heavy atom. The quantitative estimate of drug-likeness (QED) is 0.832. The summed E-state index contributed by atoms with van der Waals surface area (Å²) in [4.78, 5) is 13.8. The minimum absolute atomic E-state index is 0.00122. The van der Waals surface area contributed by atoms with Gasteiger partial charge in [-0.3, -0.25) is 9.69 Å². The van der Waals surface area contributed by atoms with Crippen molar-refractivity contribution in [2.24, 2.45) is 11.7 Å². The highest BCUT2D eigenvalue weighted by Crippen LogP contribution is 2.24. The number of likely N-dealkylation sites (N-methyl/N-ethyl adjacent to an activating group) is 1. The number of hydrogen-bond acceptors (Lipinski definition) is 3. The van der Waals surface area contributed by atoms with Gasteiger partial charge < -0.3 is 11.1 Å². The summed E-state index contributed by atoms with van der Waals surface area (Å²) in [7, 11) is 3.69. The van der Waals surface area contributed by atoms with Crippen LogP contribution >= 0.6 is 0 Å². The van der Waals surface area contributed by atoms with Crippen molar-refractivity contribution in [3.8, 4) is 0 Å². The number of nitrogens with one attached hydrogen (secondary N) is 1. The molecule has 0 aromatic heterocycles. The zero-order valence-electron chi connectivity index (χ0n) is 13.2. The molecule has 4 heteroatoms. The van der Waals surface area contributed by atoms with Crippen molar-refractivity contribution < 1.29 is 4.79 Å². The summed E-state index contributed by atoms with van der Waals surface area (Å²) in [6, 6.07) is 8.50. The number of carbonyl (C=O) groups is 1. The van der Waals surface area contributed by atoms with E-state index in [0.29, 0.717) is 6.54 Å². The number of amides is 1. The second-order valence-electron chi connectivity index (χ2n) is 5.67. The minimum atomic E-state index is -0.0592. The van der Waals surface area contributed by atoms with E-state index in [0.717, 1.165) is 0 Å². The molecule has 112 valence electrons. The second kappa shape index (κ2) is 7.41. The predicted molar refractivity (Wildman–Crippen MR) is 83.4 cm³/mol. The van der Waals surface area contributed by atoms with Crippen LogP contribution in [0.3, 0.4) is 0 Å². The highest BCUT2D eigenvalue weighted by Gasteiger charge is 2.24. The maximum Gasteiger partial charge on any atom is 0.223 e. The van der Waals surface area contributed by atoms with E-state index in [9.17, 15) is 4.79 Å². The highest BCUT2D eigenvalue weighted by molar-refractivity contribution is 5.78. The molecule has 3 atom stereocenters. The normalized spacial score (nSPS) is 15.8. The lowest BCUT2D eigenvalue weighted by molar-refractivity contribution is -0.124. The lowest BCUT2D eigenvalue weighted by atomic mass is 9.97. The molecule has 3 unspecified atom stereocenters. The molecular weight excluding hydrogens is 250 g/mol. The van der Waals surface area contributed by atoms with Crippen molar-refractivity contribution in [3.63, 3.8) is 0 Å². The van der Waals surface area contributed by atoms with Crippen LogP contribution in [0.25, 0.3) is 0 Å². The van der Waals surface area contributed by atoms with Gasteiger partial charge in [0.1, 0.15) is 0 Å². The number of nitrogens with zero attached hydrogens (tertiary/aromatic N) is 1. The van der Waals surface area contributed by atoms with Gasteiger partial charge in [0.15, 0.2) is 0 Å². The van der Waals surface area contributed by atoms with Crippen molar-refractivity contribution in [2.75, 3.05) is 20.6 Å². The summed E-state index contributed by atoms with van der Waals surface area (Å²) < 4.78 is 0. The van der Waals surface area contributed by atoms with Crippen molar-refractivity contribution >= 4 is 5.91 Å². The maximum atomic E-state index is 11.7. The van der Waals surface area contributed by atoms with Gasteiger partial charge in [-0.1, -0.05) is 36.8 Å². The molecule has 0 saturated heterocycles. The van der Waals surface area contributed by atoms with Gasteiger partial charge in [-0.25, -0.2) is 0 Å². The Bertz CT molecular complexity index is 445. The molecule has 1 aromatic rings. The number of benzene rings is 1. The molecule has 0 aliphatic carbocycles. The molecule has 0 heterocycles. The van der Waals surface area contributed by atoms with Crippen LogP contribution in [0.1, 0.15) is 31.0 Å². The standard InChI is InChI=1S/C16H27N3O/c1-11-7-6-8-14(9-11)15(13(3)17)19(5)10-12(2)16(20)18-4/h6-9,12-13,15H,10,17H2,1-5H3,(H,18,20). The minimum Gasteiger partial charge on any atom is -0.359 e. The second-order valence-corrected chi connectivity index (χ2v) is 5.67. The van der Waals surface area contributed by atoms with Crippen molar-refractivity contribution in [3.05, 3.63) is 35.4 Å². The predicted octanol–water partition coefficient (Wildman–Crippen LogP) is 1.70. The van der Waals surface area contributed by atoms with E-state index in [1.165, 1.54) is 11.1 Å². The van der Waals surface area contributed by atoms with Crippen LogP contribution in [0.5, 0.6) is 0 Å². The van der Waals surface area contributed by atoms with E-state index in [2.05, 4.69) is 41.4 Å². The number of rotatable bonds is 6. The molecule has 0 bridgehead atoms. The third-order valence-electron chi connectivity index (χ3n) is 3.61. The summed E-state index contributed by atoms with van der Waals surface area (Å²) >= 11 is 0. The first-order valence-corrected chi connectivity index (χ1v) is 7.10. The molecule has 1 aromatic carbocycles. The molecule has 0 radical (unpaired) electrons. The maximum absolute atomic E-state index is 11.7. The van der Waals surface area contributed by atoms with Crippen molar-refractivity contribution in [1.82, 2.24) is 10.2 Å². The average Bonchev–Trinajstić information content (AvgIpc) is 2.37. The average molecular weight is 277 g/mol. The van der Waals surface area contributed by atoms with Gasteiger partial charge in [-0.2, -0.15) is 0 Å². The van der Waals surface area contributed by atoms with E-state index in [1.54, 1.807) is 7.05 Å². The van der Waals surface area contributed by atoms with Crippen LogP contribution in [-0.4, -0.2) is 37.5 Å². The number of nitrogens with two attached hydrogens (primary N) is 1. The topological polar surface area (TPSA) is 58.4 Å². The first-order chi connectivity index (χ1) is 9.36. The first-order valence-electron chi connectivity index (χ1n) is 7.10. The van der Waals surface area contributed by atoms with Crippen LogP contribution < -0.4 is 11.1 Å². The number of aryl methyl sites for hydroxylation is 1. The largest absolute Gasteiger partial charge is 0.359 e. The zero-order valence-corrected chi connectivity index (χ0v) is 13.2. The molecule has 20 heavy (non-hydrogen) atoms. The Hall–Kier alpha value is -1.39. The molecule has 3 N–H and O–H groups in total. The smallest absolute Gasteiger partial charge is 0.223 e. The van der Waals surface area contributed by atoms with E-state index in [1.807, 2.05) is 20.9 Å². The lowest BCUT2D eigenvalue weighted by Crippen LogP contribution is -2.42.